The fraction of sp³-hybridized carbons (Fsp3) is 0.400. The normalized spacial score (nSPS) is 29.3. The van der Waals surface area contributed by atoms with Gasteiger partial charge in [-0.2, -0.15) is 0 Å². The predicted octanol–water partition coefficient (Wildman–Crippen LogP) is 5.19. The molecule has 0 saturated heterocycles. The molecule has 4 atom stereocenters. The van der Waals surface area contributed by atoms with Crippen LogP contribution in [-0.4, -0.2) is 18.8 Å². The Morgan fingerprint density at radius 2 is 1.06 bits per heavy atom. The molecule has 0 N–H and O–H groups in total. The standard InChI is InChI=1S/C30H29BN2/c1-3-14-24-18(8-1)20-10-5-12-22-29(20)32(24)26-16-7-17-27-28(26)31(22)23-13-6-11-21-19-9-2-4-15-25(19)33(27)30(21)23/h5-7,10-13,16-19,24-25H,1-4,8-9,14-15H2. The SMILES string of the molecule is c1cc2c3c(c1)C1CCCCC1N3c1cccc3c1B2c1cccc2c1N3C1CCCCC21. The van der Waals surface area contributed by atoms with E-state index >= 15 is 0 Å². The van der Waals surface area contributed by atoms with Crippen molar-refractivity contribution in [2.24, 2.45) is 0 Å². The highest BCUT2D eigenvalue weighted by atomic mass is 15.2. The van der Waals surface area contributed by atoms with Crippen LogP contribution in [0.5, 0.6) is 0 Å². The van der Waals surface area contributed by atoms with Crippen LogP contribution in [0, 0.1) is 0 Å². The summed E-state index contributed by atoms with van der Waals surface area (Å²) in [5.41, 5.74) is 14.2. The van der Waals surface area contributed by atoms with E-state index in [1.807, 2.05) is 0 Å². The number of hydrogen-bond donors (Lipinski definition) is 0. The Bertz CT molecular complexity index is 1250. The first-order valence-corrected chi connectivity index (χ1v) is 13.4. The van der Waals surface area contributed by atoms with Crippen molar-refractivity contribution in [3.63, 3.8) is 0 Å². The number of hydrogen-bond acceptors (Lipinski definition) is 2. The third-order valence-corrected chi connectivity index (χ3v) is 10.1. The van der Waals surface area contributed by atoms with E-state index in [1.54, 1.807) is 38.9 Å². The van der Waals surface area contributed by atoms with Crippen LogP contribution in [0.2, 0.25) is 0 Å². The Morgan fingerprint density at radius 1 is 0.576 bits per heavy atom. The molecule has 3 aromatic rings. The van der Waals surface area contributed by atoms with Crippen molar-refractivity contribution < 1.29 is 0 Å². The first-order valence-electron chi connectivity index (χ1n) is 13.4. The summed E-state index contributed by atoms with van der Waals surface area (Å²) < 4.78 is 0. The monoisotopic (exact) mass is 428 g/mol. The zero-order valence-corrected chi connectivity index (χ0v) is 19.1. The topological polar surface area (TPSA) is 6.48 Å². The molecular weight excluding hydrogens is 399 g/mol. The molecule has 3 heteroatoms. The number of rotatable bonds is 0. The third kappa shape index (κ3) is 1.97. The molecular formula is C30H29BN2. The molecule has 162 valence electrons. The number of para-hydroxylation sites is 2. The molecule has 4 unspecified atom stereocenters. The largest absolute Gasteiger partial charge is 0.338 e. The molecule has 0 spiro atoms. The summed E-state index contributed by atoms with van der Waals surface area (Å²) in [6, 6.07) is 23.1. The molecule has 0 aromatic heterocycles. The number of anilines is 4. The van der Waals surface area contributed by atoms with E-state index in [-0.39, 0.29) is 0 Å². The van der Waals surface area contributed by atoms with Gasteiger partial charge in [0.2, 0.25) is 0 Å². The summed E-state index contributed by atoms with van der Waals surface area (Å²) in [4.78, 5) is 5.63. The van der Waals surface area contributed by atoms with Crippen molar-refractivity contribution in [2.75, 3.05) is 9.80 Å². The fourth-order valence-electron chi connectivity index (χ4n) is 9.01. The Hall–Kier alpha value is -2.68. The van der Waals surface area contributed by atoms with Crippen molar-refractivity contribution in [1.29, 1.82) is 0 Å². The van der Waals surface area contributed by atoms with Gasteiger partial charge in [0.25, 0.3) is 6.71 Å². The van der Waals surface area contributed by atoms with Crippen LogP contribution in [0.15, 0.2) is 54.6 Å². The van der Waals surface area contributed by atoms with Gasteiger partial charge >= 0.3 is 0 Å². The van der Waals surface area contributed by atoms with Crippen LogP contribution < -0.4 is 26.2 Å². The van der Waals surface area contributed by atoms with E-state index in [1.165, 1.54) is 62.7 Å². The highest BCUT2D eigenvalue weighted by Crippen LogP contribution is 2.55. The Kier molecular flexibility index (Phi) is 3.26. The van der Waals surface area contributed by atoms with Gasteiger partial charge in [0.15, 0.2) is 0 Å². The quantitative estimate of drug-likeness (QED) is 0.455. The summed E-state index contributed by atoms with van der Waals surface area (Å²) in [6.07, 6.45) is 10.9. The first-order chi connectivity index (χ1) is 16.4. The Labute approximate surface area is 196 Å². The maximum absolute atomic E-state index is 2.81. The molecule has 4 heterocycles. The summed E-state index contributed by atoms with van der Waals surface area (Å²) in [5, 5.41) is 0. The van der Waals surface area contributed by atoms with Crippen molar-refractivity contribution >= 4 is 45.9 Å². The average Bonchev–Trinajstić information content (AvgIpc) is 3.39. The highest BCUT2D eigenvalue weighted by Gasteiger charge is 2.53. The predicted molar refractivity (Wildman–Crippen MR) is 138 cm³/mol. The maximum Gasteiger partial charge on any atom is 0.252 e. The lowest BCUT2D eigenvalue weighted by atomic mass is 9.33. The second kappa shape index (κ2) is 6.06. The number of benzene rings is 3. The lowest BCUT2D eigenvalue weighted by molar-refractivity contribution is 0.401. The molecule has 2 fully saturated rings. The van der Waals surface area contributed by atoms with Gasteiger partial charge in [0.05, 0.1) is 0 Å². The lowest BCUT2D eigenvalue weighted by Crippen LogP contribution is -2.62. The lowest BCUT2D eigenvalue weighted by Gasteiger charge is -2.45. The molecule has 0 radical (unpaired) electrons. The molecule has 2 saturated carbocycles. The van der Waals surface area contributed by atoms with Gasteiger partial charge in [-0.15, -0.1) is 0 Å². The minimum Gasteiger partial charge on any atom is -0.338 e. The molecule has 2 nitrogen and oxygen atoms in total. The molecule has 9 rings (SSSR count). The van der Waals surface area contributed by atoms with Crippen LogP contribution >= 0.6 is 0 Å². The fourth-order valence-corrected chi connectivity index (χ4v) is 9.01. The van der Waals surface area contributed by atoms with Gasteiger partial charge < -0.3 is 9.80 Å². The van der Waals surface area contributed by atoms with E-state index in [9.17, 15) is 0 Å². The molecule has 4 aliphatic heterocycles. The van der Waals surface area contributed by atoms with E-state index in [0.717, 1.165) is 0 Å². The second-order valence-corrected chi connectivity index (χ2v) is 11.4. The van der Waals surface area contributed by atoms with Crippen LogP contribution in [0.1, 0.15) is 74.3 Å². The molecule has 0 amide bonds. The first kappa shape index (κ1) is 17.8. The summed E-state index contributed by atoms with van der Waals surface area (Å²) in [7, 11) is 0. The summed E-state index contributed by atoms with van der Waals surface area (Å²) >= 11 is 0. The minimum absolute atomic E-state index is 0.383. The third-order valence-electron chi connectivity index (χ3n) is 10.1. The van der Waals surface area contributed by atoms with Gasteiger partial charge in [-0.25, -0.2) is 0 Å². The van der Waals surface area contributed by atoms with Crippen molar-refractivity contribution in [2.45, 2.75) is 75.3 Å². The van der Waals surface area contributed by atoms with Gasteiger partial charge in [-0.1, -0.05) is 68.1 Å². The van der Waals surface area contributed by atoms with Crippen LogP contribution in [0.4, 0.5) is 22.7 Å². The molecule has 6 aliphatic rings. The van der Waals surface area contributed by atoms with Gasteiger partial charge in [0.1, 0.15) is 0 Å². The van der Waals surface area contributed by atoms with E-state index in [0.29, 0.717) is 30.6 Å². The number of nitrogens with zero attached hydrogens (tertiary/aromatic N) is 2. The average molecular weight is 428 g/mol. The van der Waals surface area contributed by atoms with Crippen molar-refractivity contribution in [3.05, 3.63) is 65.7 Å². The van der Waals surface area contributed by atoms with Crippen LogP contribution in [0.25, 0.3) is 0 Å². The van der Waals surface area contributed by atoms with E-state index in [2.05, 4.69) is 64.4 Å². The maximum atomic E-state index is 2.81. The molecule has 0 bridgehead atoms. The number of fused-ring (bicyclic) bond motifs is 10. The summed E-state index contributed by atoms with van der Waals surface area (Å²) in [6.45, 7) is 0.383. The van der Waals surface area contributed by atoms with Gasteiger partial charge in [-0.3, -0.25) is 0 Å². The van der Waals surface area contributed by atoms with Gasteiger partial charge in [0, 0.05) is 46.7 Å². The highest BCUT2D eigenvalue weighted by molar-refractivity contribution is 7.00. The zero-order chi connectivity index (χ0) is 21.3. The van der Waals surface area contributed by atoms with Crippen LogP contribution in [-0.2, 0) is 0 Å². The Balaban J connectivity index is 1.38. The van der Waals surface area contributed by atoms with Gasteiger partial charge in [-0.05, 0) is 65.3 Å². The second-order valence-electron chi connectivity index (χ2n) is 11.4. The van der Waals surface area contributed by atoms with Crippen molar-refractivity contribution in [1.82, 2.24) is 0 Å². The van der Waals surface area contributed by atoms with E-state index in [4.69, 9.17) is 0 Å². The van der Waals surface area contributed by atoms with Crippen LogP contribution in [0.3, 0.4) is 0 Å². The molecule has 33 heavy (non-hydrogen) atoms. The smallest absolute Gasteiger partial charge is 0.252 e. The Morgan fingerprint density at radius 3 is 1.61 bits per heavy atom. The zero-order valence-electron chi connectivity index (χ0n) is 19.1. The minimum atomic E-state index is 0.383. The van der Waals surface area contributed by atoms with E-state index < -0.39 is 0 Å². The summed E-state index contributed by atoms with van der Waals surface area (Å²) in [5.74, 6) is 1.42. The molecule has 3 aromatic carbocycles. The van der Waals surface area contributed by atoms with Crippen molar-refractivity contribution in [3.8, 4) is 0 Å². The molecule has 2 aliphatic carbocycles.